The van der Waals surface area contributed by atoms with Crippen molar-refractivity contribution in [3.63, 3.8) is 0 Å². The van der Waals surface area contributed by atoms with E-state index in [1.165, 1.54) is 4.88 Å². The lowest BCUT2D eigenvalue weighted by Gasteiger charge is -2.23. The molecule has 0 saturated carbocycles. The van der Waals surface area contributed by atoms with Gasteiger partial charge in [0.2, 0.25) is 0 Å². The second-order valence-corrected chi connectivity index (χ2v) is 6.01. The number of halogens is 1. The van der Waals surface area contributed by atoms with Gasteiger partial charge < -0.3 is 5.32 Å². The van der Waals surface area contributed by atoms with E-state index >= 15 is 0 Å². The van der Waals surface area contributed by atoms with Crippen LogP contribution in [0.4, 0.5) is 0 Å². The van der Waals surface area contributed by atoms with Crippen LogP contribution in [-0.2, 0) is 10.2 Å². The predicted molar refractivity (Wildman–Crippen MR) is 65.9 cm³/mol. The summed E-state index contributed by atoms with van der Waals surface area (Å²) >= 11 is 7.49. The summed E-state index contributed by atoms with van der Waals surface area (Å²) in [6, 6.07) is 3.96. The van der Waals surface area contributed by atoms with Crippen LogP contribution in [-0.4, -0.2) is 18.9 Å². The second-order valence-electron chi connectivity index (χ2n) is 4.29. The van der Waals surface area contributed by atoms with Crippen LogP contribution in [0.3, 0.4) is 0 Å². The first-order valence-corrected chi connectivity index (χ1v) is 6.07. The average molecular weight is 246 g/mol. The number of carbonyl (C=O) groups is 1. The molecule has 0 unspecified atom stereocenters. The molecular weight excluding hydrogens is 230 g/mol. The summed E-state index contributed by atoms with van der Waals surface area (Å²) in [6.45, 7) is 7.08. The summed E-state index contributed by atoms with van der Waals surface area (Å²) in [4.78, 5) is 12.0. The topological polar surface area (TPSA) is 29.1 Å². The smallest absolute Gasteiger partial charge is 0.143 e. The Labute approximate surface area is 99.6 Å². The third kappa shape index (κ3) is 3.93. The molecule has 2 nitrogen and oxygen atoms in total. The molecule has 1 N–H and O–H groups in total. The van der Waals surface area contributed by atoms with Crippen LogP contribution in [0.1, 0.15) is 25.6 Å². The van der Waals surface area contributed by atoms with Crippen molar-refractivity contribution in [2.75, 3.05) is 13.1 Å². The molecule has 1 heterocycles. The fourth-order valence-corrected chi connectivity index (χ4v) is 2.46. The Bertz CT molecular complexity index is 346. The Balaban J connectivity index is 2.55. The van der Waals surface area contributed by atoms with Crippen LogP contribution >= 0.6 is 22.9 Å². The van der Waals surface area contributed by atoms with Crippen molar-refractivity contribution in [3.8, 4) is 0 Å². The summed E-state index contributed by atoms with van der Waals surface area (Å²) in [7, 11) is 0. The van der Waals surface area contributed by atoms with Gasteiger partial charge in [-0.2, -0.15) is 0 Å². The number of nitrogens with one attached hydrogen (secondary N) is 1. The highest BCUT2D eigenvalue weighted by atomic mass is 35.5. The molecular formula is C11H16ClNOS. The SMILES string of the molecule is CC(=O)CNCC(C)(C)c1ccc(Cl)s1. The lowest BCUT2D eigenvalue weighted by atomic mass is 9.91. The van der Waals surface area contributed by atoms with Crippen molar-refractivity contribution in [1.29, 1.82) is 0 Å². The Kier molecular flexibility index (Phi) is 4.32. The van der Waals surface area contributed by atoms with Crippen molar-refractivity contribution >= 4 is 28.7 Å². The molecule has 15 heavy (non-hydrogen) atoms. The first-order chi connectivity index (χ1) is 6.92. The van der Waals surface area contributed by atoms with Gasteiger partial charge in [-0.15, -0.1) is 11.3 Å². The standard InChI is InChI=1S/C11H16ClNOS/c1-8(14)6-13-7-11(2,3)9-4-5-10(12)15-9/h4-5,13H,6-7H2,1-3H3. The van der Waals surface area contributed by atoms with E-state index in [9.17, 15) is 4.79 Å². The van der Waals surface area contributed by atoms with E-state index in [0.717, 1.165) is 10.9 Å². The van der Waals surface area contributed by atoms with Crippen molar-refractivity contribution in [3.05, 3.63) is 21.3 Å². The molecule has 1 aromatic heterocycles. The van der Waals surface area contributed by atoms with Gasteiger partial charge in [-0.1, -0.05) is 25.4 Å². The zero-order chi connectivity index (χ0) is 11.5. The molecule has 4 heteroatoms. The number of rotatable bonds is 5. The fraction of sp³-hybridized carbons (Fsp3) is 0.545. The van der Waals surface area contributed by atoms with Crippen LogP contribution in [0, 0.1) is 0 Å². The molecule has 0 aliphatic rings. The molecule has 0 atom stereocenters. The normalized spacial score (nSPS) is 11.7. The molecule has 0 aromatic carbocycles. The Morgan fingerprint density at radius 2 is 2.20 bits per heavy atom. The van der Waals surface area contributed by atoms with Crippen LogP contribution in [0.25, 0.3) is 0 Å². The van der Waals surface area contributed by atoms with E-state index in [1.807, 2.05) is 12.1 Å². The zero-order valence-electron chi connectivity index (χ0n) is 9.26. The number of Topliss-reactive ketones (excluding diaryl/α,β-unsaturated/α-hetero) is 1. The number of hydrogen-bond donors (Lipinski definition) is 1. The van der Waals surface area contributed by atoms with E-state index in [4.69, 9.17) is 11.6 Å². The molecule has 0 saturated heterocycles. The number of hydrogen-bond acceptors (Lipinski definition) is 3. The fourth-order valence-electron chi connectivity index (χ4n) is 1.32. The average Bonchev–Trinajstić information content (AvgIpc) is 2.51. The van der Waals surface area contributed by atoms with Gasteiger partial charge >= 0.3 is 0 Å². The van der Waals surface area contributed by atoms with E-state index in [1.54, 1.807) is 18.3 Å². The maximum atomic E-state index is 10.8. The Morgan fingerprint density at radius 3 is 2.67 bits per heavy atom. The second kappa shape index (κ2) is 5.10. The molecule has 1 aromatic rings. The molecule has 0 radical (unpaired) electrons. The van der Waals surface area contributed by atoms with Crippen LogP contribution in [0.2, 0.25) is 4.34 Å². The largest absolute Gasteiger partial charge is 0.309 e. The predicted octanol–water partition coefficient (Wildman–Crippen LogP) is 2.86. The molecule has 0 fully saturated rings. The van der Waals surface area contributed by atoms with Crippen molar-refractivity contribution in [1.82, 2.24) is 5.32 Å². The van der Waals surface area contributed by atoms with Gasteiger partial charge in [0, 0.05) is 16.8 Å². The maximum absolute atomic E-state index is 10.8. The Morgan fingerprint density at radius 1 is 1.53 bits per heavy atom. The summed E-state index contributed by atoms with van der Waals surface area (Å²) in [5.74, 6) is 0.162. The lowest BCUT2D eigenvalue weighted by Crippen LogP contribution is -2.34. The van der Waals surface area contributed by atoms with Crippen molar-refractivity contribution < 1.29 is 4.79 Å². The van der Waals surface area contributed by atoms with Crippen LogP contribution in [0.15, 0.2) is 12.1 Å². The Hall–Kier alpha value is -0.380. The van der Waals surface area contributed by atoms with E-state index in [2.05, 4.69) is 19.2 Å². The minimum Gasteiger partial charge on any atom is -0.309 e. The molecule has 0 aliphatic carbocycles. The number of carbonyl (C=O) groups excluding carboxylic acids is 1. The van der Waals surface area contributed by atoms with Gasteiger partial charge in [0.15, 0.2) is 0 Å². The van der Waals surface area contributed by atoms with Gasteiger partial charge in [-0.25, -0.2) is 0 Å². The molecule has 0 spiro atoms. The van der Waals surface area contributed by atoms with Gasteiger partial charge in [-0.05, 0) is 19.1 Å². The molecule has 84 valence electrons. The van der Waals surface area contributed by atoms with Crippen LogP contribution in [0.5, 0.6) is 0 Å². The van der Waals surface area contributed by atoms with Crippen molar-refractivity contribution in [2.24, 2.45) is 0 Å². The summed E-state index contributed by atoms with van der Waals surface area (Å²) < 4.78 is 0.810. The van der Waals surface area contributed by atoms with Crippen LogP contribution < -0.4 is 5.32 Å². The van der Waals surface area contributed by atoms with Gasteiger partial charge in [0.25, 0.3) is 0 Å². The highest BCUT2D eigenvalue weighted by Crippen LogP contribution is 2.31. The van der Waals surface area contributed by atoms with Gasteiger partial charge in [-0.3, -0.25) is 4.79 Å². The maximum Gasteiger partial charge on any atom is 0.143 e. The third-order valence-corrected chi connectivity index (χ3v) is 3.78. The minimum absolute atomic E-state index is 0.0211. The summed E-state index contributed by atoms with van der Waals surface area (Å²) in [5.41, 5.74) is 0.0211. The van der Waals surface area contributed by atoms with E-state index < -0.39 is 0 Å². The number of ketones is 1. The lowest BCUT2D eigenvalue weighted by molar-refractivity contribution is -0.116. The minimum atomic E-state index is 0.0211. The number of thiophene rings is 1. The highest BCUT2D eigenvalue weighted by molar-refractivity contribution is 7.16. The van der Waals surface area contributed by atoms with Gasteiger partial charge in [0.05, 0.1) is 10.9 Å². The van der Waals surface area contributed by atoms with E-state index in [-0.39, 0.29) is 11.2 Å². The summed E-state index contributed by atoms with van der Waals surface area (Å²) in [6.07, 6.45) is 0. The monoisotopic (exact) mass is 245 g/mol. The van der Waals surface area contributed by atoms with Crippen molar-refractivity contribution in [2.45, 2.75) is 26.2 Å². The molecule has 1 rings (SSSR count). The first-order valence-electron chi connectivity index (χ1n) is 4.88. The van der Waals surface area contributed by atoms with E-state index in [0.29, 0.717) is 6.54 Å². The quantitative estimate of drug-likeness (QED) is 0.865. The molecule has 0 bridgehead atoms. The third-order valence-electron chi connectivity index (χ3n) is 2.18. The molecule has 0 amide bonds. The van der Waals surface area contributed by atoms with Gasteiger partial charge in [0.1, 0.15) is 5.78 Å². The highest BCUT2D eigenvalue weighted by Gasteiger charge is 2.22. The first kappa shape index (κ1) is 12.7. The summed E-state index contributed by atoms with van der Waals surface area (Å²) in [5, 5.41) is 3.15. The zero-order valence-corrected chi connectivity index (χ0v) is 10.8. The molecule has 0 aliphatic heterocycles.